The first kappa shape index (κ1) is 15.7. The fraction of sp³-hybridized carbons (Fsp3) is 0.222. The number of anilines is 1. The summed E-state index contributed by atoms with van der Waals surface area (Å²) in [5.74, 6) is -0.629. The maximum absolute atomic E-state index is 11.3. The summed E-state index contributed by atoms with van der Waals surface area (Å²) in [5, 5.41) is 12.2. The summed E-state index contributed by atoms with van der Waals surface area (Å²) in [6, 6.07) is 6.71. The summed E-state index contributed by atoms with van der Waals surface area (Å²) in [5.41, 5.74) is 6.41. The molecule has 0 aliphatic heterocycles. The van der Waals surface area contributed by atoms with Gasteiger partial charge in [-0.3, -0.25) is 5.41 Å². The first-order valence-electron chi connectivity index (χ1n) is 4.62. The first-order chi connectivity index (χ1) is 7.36. The van der Waals surface area contributed by atoms with Crippen LogP contribution in [0.25, 0.3) is 0 Å². The van der Waals surface area contributed by atoms with Crippen LogP contribution in [0.5, 0.6) is 0 Å². The molecule has 0 bridgehead atoms. The molecule has 8 heteroatoms. The minimum atomic E-state index is -4.06. The Hall–Kier alpha value is -1.31. The molecule has 5 N–H and O–H groups in total. The number of hydrogen-bond donors (Lipinski definition) is 3. The molecule has 0 aromatic heterocycles. The van der Waals surface area contributed by atoms with Crippen molar-refractivity contribution in [3.8, 4) is 0 Å². The molecule has 0 radical (unpaired) electrons. The van der Waals surface area contributed by atoms with Gasteiger partial charge >= 0.3 is 10.2 Å². The minimum absolute atomic E-state index is 0. The van der Waals surface area contributed by atoms with Crippen molar-refractivity contribution in [2.45, 2.75) is 13.3 Å². The zero-order valence-corrected chi connectivity index (χ0v) is 10.9. The maximum Gasteiger partial charge on any atom is 0.305 e. The van der Waals surface area contributed by atoms with E-state index in [1.807, 2.05) is 13.0 Å². The van der Waals surface area contributed by atoms with Gasteiger partial charge in [0, 0.05) is 0 Å². The number of nitrogens with two attached hydrogens (primary N) is 2. The lowest BCUT2D eigenvalue weighted by Gasteiger charge is -2.19. The number of guanidine groups is 1. The number of halogens is 1. The van der Waals surface area contributed by atoms with Crippen LogP contribution in [-0.2, 0) is 16.6 Å². The topological polar surface area (TPSA) is 113 Å². The van der Waals surface area contributed by atoms with Gasteiger partial charge in [0.2, 0.25) is 5.96 Å². The molecular formula is C9H15ClN4O2S. The van der Waals surface area contributed by atoms with Crippen molar-refractivity contribution >= 4 is 34.3 Å². The molecule has 17 heavy (non-hydrogen) atoms. The van der Waals surface area contributed by atoms with Crippen molar-refractivity contribution in [3.63, 3.8) is 0 Å². The number of nitrogens with zero attached hydrogens (tertiary/aromatic N) is 1. The van der Waals surface area contributed by atoms with E-state index in [1.54, 1.807) is 12.1 Å². The van der Waals surface area contributed by atoms with Crippen molar-refractivity contribution in [1.29, 1.82) is 5.41 Å². The smallest absolute Gasteiger partial charge is 0.305 e. The average molecular weight is 279 g/mol. The van der Waals surface area contributed by atoms with Gasteiger partial charge in [-0.1, -0.05) is 19.1 Å². The Bertz CT molecular complexity index is 503. The third-order valence-corrected chi connectivity index (χ3v) is 2.94. The quantitative estimate of drug-likeness (QED) is 0.555. The van der Waals surface area contributed by atoms with Crippen LogP contribution >= 0.6 is 12.4 Å². The van der Waals surface area contributed by atoms with Gasteiger partial charge in [-0.25, -0.2) is 5.14 Å². The third kappa shape index (κ3) is 3.88. The lowest BCUT2D eigenvalue weighted by molar-refractivity contribution is 0.598. The van der Waals surface area contributed by atoms with Crippen LogP contribution in [0.3, 0.4) is 0 Å². The van der Waals surface area contributed by atoms with Crippen LogP contribution in [0.4, 0.5) is 5.69 Å². The molecule has 0 atom stereocenters. The van der Waals surface area contributed by atoms with Crippen molar-refractivity contribution < 1.29 is 8.42 Å². The molecule has 1 aromatic carbocycles. The van der Waals surface area contributed by atoms with E-state index in [0.717, 1.165) is 12.0 Å². The second kappa shape index (κ2) is 5.85. The number of nitrogens with one attached hydrogen (secondary N) is 1. The molecule has 0 aliphatic rings. The Morgan fingerprint density at radius 3 is 2.47 bits per heavy atom. The molecule has 0 fully saturated rings. The van der Waals surface area contributed by atoms with Crippen molar-refractivity contribution in [1.82, 2.24) is 0 Å². The highest BCUT2D eigenvalue weighted by atomic mass is 35.5. The van der Waals surface area contributed by atoms with E-state index in [0.29, 0.717) is 4.31 Å². The van der Waals surface area contributed by atoms with Crippen molar-refractivity contribution in [2.24, 2.45) is 10.9 Å². The van der Waals surface area contributed by atoms with Crippen LogP contribution in [0, 0.1) is 5.41 Å². The van der Waals surface area contributed by atoms with Crippen LogP contribution in [0.2, 0.25) is 0 Å². The van der Waals surface area contributed by atoms with Crippen molar-refractivity contribution in [2.75, 3.05) is 4.31 Å². The summed E-state index contributed by atoms with van der Waals surface area (Å²) in [6.45, 7) is 1.94. The SMILES string of the molecule is CCc1cccc(N(C(=N)N)S(N)(=O)=O)c1.Cl. The highest BCUT2D eigenvalue weighted by molar-refractivity contribution is 7.91. The van der Waals surface area contributed by atoms with E-state index in [1.165, 1.54) is 6.07 Å². The van der Waals surface area contributed by atoms with E-state index in [4.69, 9.17) is 16.3 Å². The highest BCUT2D eigenvalue weighted by Gasteiger charge is 2.20. The Morgan fingerprint density at radius 2 is 2.06 bits per heavy atom. The standard InChI is InChI=1S/C9H14N4O2S.ClH/c1-2-7-4-3-5-8(6-7)13(9(10)11)16(12,14)15;/h3-6H,2H2,1H3,(H3,10,11)(H2,12,14,15);1H. The number of rotatable bonds is 3. The van der Waals surface area contributed by atoms with E-state index in [9.17, 15) is 8.42 Å². The van der Waals surface area contributed by atoms with Gasteiger partial charge in [-0.15, -0.1) is 12.4 Å². The van der Waals surface area contributed by atoms with Crippen LogP contribution < -0.4 is 15.2 Å². The zero-order valence-electron chi connectivity index (χ0n) is 9.25. The Balaban J connectivity index is 0.00000256. The number of hydrogen-bond acceptors (Lipinski definition) is 3. The Labute approximate surface area is 107 Å². The van der Waals surface area contributed by atoms with Gasteiger partial charge < -0.3 is 5.73 Å². The van der Waals surface area contributed by atoms with Crippen LogP contribution in [0.1, 0.15) is 12.5 Å². The van der Waals surface area contributed by atoms with E-state index < -0.39 is 16.2 Å². The Kier molecular flexibility index (Phi) is 5.40. The van der Waals surface area contributed by atoms with E-state index in [-0.39, 0.29) is 18.1 Å². The molecule has 0 unspecified atom stereocenters. The predicted molar refractivity (Wildman–Crippen MR) is 70.6 cm³/mol. The average Bonchev–Trinajstić information content (AvgIpc) is 2.15. The summed E-state index contributed by atoms with van der Waals surface area (Å²) >= 11 is 0. The van der Waals surface area contributed by atoms with Gasteiger partial charge in [-0.2, -0.15) is 12.7 Å². The lowest BCUT2D eigenvalue weighted by atomic mass is 10.1. The summed E-state index contributed by atoms with van der Waals surface area (Å²) in [7, 11) is -4.06. The van der Waals surface area contributed by atoms with Gasteiger partial charge in [0.15, 0.2) is 0 Å². The second-order valence-corrected chi connectivity index (χ2v) is 4.61. The normalized spacial score (nSPS) is 10.5. The first-order valence-corrected chi connectivity index (χ1v) is 6.12. The molecule has 1 rings (SSSR count). The molecule has 0 saturated heterocycles. The molecule has 0 aliphatic carbocycles. The molecular weight excluding hydrogens is 264 g/mol. The molecule has 0 heterocycles. The number of benzene rings is 1. The van der Waals surface area contributed by atoms with Gasteiger partial charge in [0.1, 0.15) is 0 Å². The summed E-state index contributed by atoms with van der Waals surface area (Å²) in [6.07, 6.45) is 0.754. The lowest BCUT2D eigenvalue weighted by Crippen LogP contribution is -2.45. The molecule has 6 nitrogen and oxygen atoms in total. The fourth-order valence-electron chi connectivity index (χ4n) is 1.33. The molecule has 0 amide bonds. The van der Waals surface area contributed by atoms with E-state index in [2.05, 4.69) is 0 Å². The maximum atomic E-state index is 11.3. The highest BCUT2D eigenvalue weighted by Crippen LogP contribution is 2.17. The van der Waals surface area contributed by atoms with E-state index >= 15 is 0 Å². The molecule has 96 valence electrons. The molecule has 0 spiro atoms. The van der Waals surface area contributed by atoms with Crippen LogP contribution in [0.15, 0.2) is 24.3 Å². The largest absolute Gasteiger partial charge is 0.369 e. The Morgan fingerprint density at radius 1 is 1.47 bits per heavy atom. The summed E-state index contributed by atoms with van der Waals surface area (Å²) in [4.78, 5) is 0. The number of aryl methyl sites for hydroxylation is 1. The fourth-order valence-corrected chi connectivity index (χ4v) is 2.01. The van der Waals surface area contributed by atoms with Gasteiger partial charge in [0.05, 0.1) is 5.69 Å². The predicted octanol–water partition coefficient (Wildman–Crippen LogP) is 0.574. The van der Waals surface area contributed by atoms with Gasteiger partial charge in [-0.05, 0) is 24.1 Å². The molecule has 1 aromatic rings. The monoisotopic (exact) mass is 278 g/mol. The zero-order chi connectivity index (χ0) is 12.3. The second-order valence-electron chi connectivity index (χ2n) is 3.22. The van der Waals surface area contributed by atoms with Crippen molar-refractivity contribution in [3.05, 3.63) is 29.8 Å². The van der Waals surface area contributed by atoms with Crippen LogP contribution in [-0.4, -0.2) is 14.4 Å². The summed E-state index contributed by atoms with van der Waals surface area (Å²) < 4.78 is 23.1. The third-order valence-electron chi connectivity index (χ3n) is 2.03. The van der Waals surface area contributed by atoms with Gasteiger partial charge in [0.25, 0.3) is 0 Å². The minimum Gasteiger partial charge on any atom is -0.369 e. The molecule has 0 saturated carbocycles.